The molecule has 1 N–H and O–H groups in total. The Balaban J connectivity index is 1.73. The summed E-state index contributed by atoms with van der Waals surface area (Å²) in [4.78, 5) is 15.0. The first-order valence-electron chi connectivity index (χ1n) is 8.84. The number of methoxy groups -OCH3 is 1. The summed E-state index contributed by atoms with van der Waals surface area (Å²) in [6.07, 6.45) is 5.89. The normalized spacial score (nSPS) is 17.2. The number of ether oxygens (including phenoxy) is 1. The smallest absolute Gasteiger partial charge is 0.244 e. The van der Waals surface area contributed by atoms with Gasteiger partial charge in [-0.05, 0) is 45.0 Å². The summed E-state index contributed by atoms with van der Waals surface area (Å²) in [7, 11) is 1.69. The van der Waals surface area contributed by atoms with Crippen molar-refractivity contribution in [2.75, 3.05) is 26.7 Å². The van der Waals surface area contributed by atoms with Gasteiger partial charge < -0.3 is 10.1 Å². The van der Waals surface area contributed by atoms with Gasteiger partial charge in [0.05, 0.1) is 13.2 Å². The molecule has 1 saturated heterocycles. The standard InChI is InChI=1S/C19H26N4O2/c1-15(23-13-7-10-21-23)19(24)20-14-17(22-11-5-6-12-22)16-8-3-4-9-18(16)25-2/h3-4,7-10,13,15,17H,5-6,11-12,14H2,1-2H3,(H,20,24)/t15-,17+/m0/s1. The molecule has 0 radical (unpaired) electrons. The number of likely N-dealkylation sites (tertiary alicyclic amines) is 1. The number of para-hydroxylation sites is 1. The van der Waals surface area contributed by atoms with Gasteiger partial charge in [-0.25, -0.2) is 0 Å². The van der Waals surface area contributed by atoms with E-state index in [4.69, 9.17) is 4.74 Å². The molecule has 134 valence electrons. The Labute approximate surface area is 148 Å². The monoisotopic (exact) mass is 342 g/mol. The second-order valence-electron chi connectivity index (χ2n) is 6.41. The summed E-state index contributed by atoms with van der Waals surface area (Å²) in [5, 5.41) is 7.25. The van der Waals surface area contributed by atoms with Crippen LogP contribution in [-0.2, 0) is 4.79 Å². The largest absolute Gasteiger partial charge is 0.496 e. The fraction of sp³-hybridized carbons (Fsp3) is 0.474. The van der Waals surface area contributed by atoms with Gasteiger partial charge in [0.25, 0.3) is 0 Å². The summed E-state index contributed by atoms with van der Waals surface area (Å²) < 4.78 is 7.22. The number of nitrogens with zero attached hydrogens (tertiary/aromatic N) is 3. The van der Waals surface area contributed by atoms with Crippen LogP contribution < -0.4 is 10.1 Å². The van der Waals surface area contributed by atoms with Crippen LogP contribution in [0, 0.1) is 0 Å². The number of carbonyl (C=O) groups excluding carboxylic acids is 1. The van der Waals surface area contributed by atoms with Gasteiger partial charge in [-0.15, -0.1) is 0 Å². The minimum absolute atomic E-state index is 0.0252. The number of hydrogen-bond donors (Lipinski definition) is 1. The van der Waals surface area contributed by atoms with E-state index in [1.54, 1.807) is 18.0 Å². The lowest BCUT2D eigenvalue weighted by molar-refractivity contribution is -0.124. The molecule has 1 aliphatic rings. The zero-order valence-corrected chi connectivity index (χ0v) is 14.9. The van der Waals surface area contributed by atoms with Crippen molar-refractivity contribution in [2.45, 2.75) is 31.8 Å². The van der Waals surface area contributed by atoms with Crippen molar-refractivity contribution >= 4 is 5.91 Å². The number of amides is 1. The SMILES string of the molecule is COc1ccccc1[C@@H](CNC(=O)[C@H](C)n1cccn1)N1CCCC1. The van der Waals surface area contributed by atoms with E-state index in [1.165, 1.54) is 12.8 Å². The van der Waals surface area contributed by atoms with E-state index in [1.807, 2.05) is 37.4 Å². The van der Waals surface area contributed by atoms with Gasteiger partial charge in [0, 0.05) is 24.5 Å². The van der Waals surface area contributed by atoms with Crippen LogP contribution in [0.1, 0.15) is 37.4 Å². The van der Waals surface area contributed by atoms with Crippen LogP contribution in [0.4, 0.5) is 0 Å². The minimum atomic E-state index is -0.327. The first-order valence-corrected chi connectivity index (χ1v) is 8.84. The topological polar surface area (TPSA) is 59.4 Å². The second kappa shape index (κ2) is 8.16. The average Bonchev–Trinajstić information content (AvgIpc) is 3.35. The quantitative estimate of drug-likeness (QED) is 0.839. The fourth-order valence-corrected chi connectivity index (χ4v) is 3.41. The summed E-state index contributed by atoms with van der Waals surface area (Å²) >= 11 is 0. The van der Waals surface area contributed by atoms with Gasteiger partial charge in [0.15, 0.2) is 0 Å². The third-order valence-corrected chi connectivity index (χ3v) is 4.85. The number of benzene rings is 1. The van der Waals surface area contributed by atoms with Crippen molar-refractivity contribution < 1.29 is 9.53 Å². The molecule has 1 aromatic heterocycles. The minimum Gasteiger partial charge on any atom is -0.496 e. The molecule has 6 nitrogen and oxygen atoms in total. The van der Waals surface area contributed by atoms with Crippen LogP contribution in [0.25, 0.3) is 0 Å². The molecule has 1 aromatic carbocycles. The highest BCUT2D eigenvalue weighted by Crippen LogP contribution is 2.31. The average molecular weight is 342 g/mol. The maximum atomic E-state index is 12.5. The molecule has 3 rings (SSSR count). The maximum absolute atomic E-state index is 12.5. The number of rotatable bonds is 7. The molecule has 2 atom stereocenters. The number of aromatic nitrogens is 2. The van der Waals surface area contributed by atoms with E-state index in [9.17, 15) is 4.79 Å². The van der Waals surface area contributed by atoms with Gasteiger partial charge in [0.2, 0.25) is 5.91 Å². The van der Waals surface area contributed by atoms with Gasteiger partial charge in [-0.3, -0.25) is 14.4 Å². The van der Waals surface area contributed by atoms with E-state index < -0.39 is 0 Å². The molecule has 1 aliphatic heterocycles. The lowest BCUT2D eigenvalue weighted by Crippen LogP contribution is -2.39. The summed E-state index contributed by atoms with van der Waals surface area (Å²) in [6, 6.07) is 9.68. The Morgan fingerprint density at radius 1 is 1.28 bits per heavy atom. The van der Waals surface area contributed by atoms with E-state index in [0.29, 0.717) is 6.54 Å². The molecular weight excluding hydrogens is 316 g/mol. The van der Waals surface area contributed by atoms with Crippen LogP contribution in [-0.4, -0.2) is 47.3 Å². The molecule has 0 unspecified atom stereocenters. The maximum Gasteiger partial charge on any atom is 0.244 e. The summed E-state index contributed by atoms with van der Waals surface area (Å²) in [5.41, 5.74) is 1.12. The third-order valence-electron chi connectivity index (χ3n) is 4.85. The molecule has 0 spiro atoms. The molecule has 6 heteroatoms. The van der Waals surface area contributed by atoms with E-state index in [2.05, 4.69) is 21.4 Å². The molecule has 25 heavy (non-hydrogen) atoms. The van der Waals surface area contributed by atoms with Crippen LogP contribution in [0.5, 0.6) is 5.75 Å². The zero-order chi connectivity index (χ0) is 17.6. The predicted molar refractivity (Wildman–Crippen MR) is 96.5 cm³/mol. The summed E-state index contributed by atoms with van der Waals surface area (Å²) in [5.74, 6) is 0.844. The Kier molecular flexibility index (Phi) is 5.71. The summed E-state index contributed by atoms with van der Waals surface area (Å²) in [6.45, 7) is 4.52. The highest BCUT2D eigenvalue weighted by molar-refractivity contribution is 5.79. The predicted octanol–water partition coefficient (Wildman–Crippen LogP) is 2.41. The Morgan fingerprint density at radius 2 is 2.04 bits per heavy atom. The highest BCUT2D eigenvalue weighted by atomic mass is 16.5. The van der Waals surface area contributed by atoms with Gasteiger partial charge in [0.1, 0.15) is 11.8 Å². The van der Waals surface area contributed by atoms with Crippen molar-refractivity contribution in [1.29, 1.82) is 0 Å². The zero-order valence-electron chi connectivity index (χ0n) is 14.9. The Hall–Kier alpha value is -2.34. The van der Waals surface area contributed by atoms with Crippen molar-refractivity contribution in [1.82, 2.24) is 20.0 Å². The lowest BCUT2D eigenvalue weighted by atomic mass is 10.0. The third kappa shape index (κ3) is 4.02. The highest BCUT2D eigenvalue weighted by Gasteiger charge is 2.27. The molecule has 2 heterocycles. The Bertz CT molecular complexity index is 680. The molecule has 0 saturated carbocycles. The van der Waals surface area contributed by atoms with E-state index in [0.717, 1.165) is 24.4 Å². The number of carbonyl (C=O) groups is 1. The molecule has 2 aromatic rings. The van der Waals surface area contributed by atoms with Crippen LogP contribution in [0.15, 0.2) is 42.7 Å². The molecule has 0 bridgehead atoms. The van der Waals surface area contributed by atoms with Crippen LogP contribution in [0.3, 0.4) is 0 Å². The molecule has 0 aliphatic carbocycles. The first kappa shape index (κ1) is 17.5. The van der Waals surface area contributed by atoms with Crippen LogP contribution >= 0.6 is 0 Å². The molecule has 1 fully saturated rings. The molecule has 1 amide bonds. The van der Waals surface area contributed by atoms with Crippen molar-refractivity contribution in [3.63, 3.8) is 0 Å². The van der Waals surface area contributed by atoms with Crippen molar-refractivity contribution in [2.24, 2.45) is 0 Å². The van der Waals surface area contributed by atoms with E-state index >= 15 is 0 Å². The number of hydrogen-bond acceptors (Lipinski definition) is 4. The van der Waals surface area contributed by atoms with Gasteiger partial charge >= 0.3 is 0 Å². The second-order valence-corrected chi connectivity index (χ2v) is 6.41. The first-order chi connectivity index (χ1) is 12.2. The van der Waals surface area contributed by atoms with Gasteiger partial charge in [-0.1, -0.05) is 18.2 Å². The number of nitrogens with one attached hydrogen (secondary N) is 1. The Morgan fingerprint density at radius 3 is 2.72 bits per heavy atom. The van der Waals surface area contributed by atoms with Gasteiger partial charge in [-0.2, -0.15) is 5.10 Å². The fourth-order valence-electron chi connectivity index (χ4n) is 3.41. The van der Waals surface area contributed by atoms with Crippen molar-refractivity contribution in [3.8, 4) is 5.75 Å². The van der Waals surface area contributed by atoms with Crippen molar-refractivity contribution in [3.05, 3.63) is 48.3 Å². The van der Waals surface area contributed by atoms with Crippen LogP contribution in [0.2, 0.25) is 0 Å². The lowest BCUT2D eigenvalue weighted by Gasteiger charge is -2.29. The van der Waals surface area contributed by atoms with E-state index in [-0.39, 0.29) is 18.0 Å². The molecular formula is C19H26N4O2.